The normalized spacial score (nSPS) is 18.6. The van der Waals surface area contributed by atoms with Gasteiger partial charge in [0.05, 0.1) is 8.31 Å². The summed E-state index contributed by atoms with van der Waals surface area (Å²) >= 11 is 0. The van der Waals surface area contributed by atoms with Gasteiger partial charge in [0, 0.05) is 13.6 Å². The van der Waals surface area contributed by atoms with E-state index in [2.05, 4.69) is 45.6 Å². The fourth-order valence-corrected chi connectivity index (χ4v) is 17.6. The van der Waals surface area contributed by atoms with Crippen molar-refractivity contribution >= 4 is 15.9 Å². The first-order valence-electron chi connectivity index (χ1n) is 8.46. The summed E-state index contributed by atoms with van der Waals surface area (Å²) in [5.41, 5.74) is 4.29. The van der Waals surface area contributed by atoms with E-state index in [0.29, 0.717) is 0 Å². The molecule has 1 aliphatic carbocycles. The lowest BCUT2D eigenvalue weighted by atomic mass is 10.3. The molecule has 0 aromatic heterocycles. The van der Waals surface area contributed by atoms with Crippen LogP contribution in [0, 0.1) is 0 Å². The van der Waals surface area contributed by atoms with Crippen LogP contribution < -0.4 is 5.32 Å². The third-order valence-corrected chi connectivity index (χ3v) is 22.5. The average molecular weight is 298 g/mol. The molecule has 1 saturated carbocycles. The molecular weight excluding hydrogens is 262 g/mol. The molecule has 0 spiro atoms. The minimum Gasteiger partial charge on any atom is -0.317 e. The van der Waals surface area contributed by atoms with Crippen molar-refractivity contribution in [3.8, 4) is 0 Å². The van der Waals surface area contributed by atoms with Crippen LogP contribution in [0.3, 0.4) is 0 Å². The highest BCUT2D eigenvalue weighted by Gasteiger charge is 2.36. The second-order valence-corrected chi connectivity index (χ2v) is 19.4. The average Bonchev–Trinajstić information content (AvgIpc) is 2.91. The molecule has 1 aliphatic rings. The molecule has 1 nitrogen and oxygen atoms in total. The largest absolute Gasteiger partial charge is 0.317 e. The lowest BCUT2D eigenvalue weighted by Crippen LogP contribution is -2.55. The zero-order valence-corrected chi connectivity index (χ0v) is 16.0. The second kappa shape index (κ2) is 8.43. The maximum absolute atomic E-state index is 3.95. The van der Waals surface area contributed by atoms with Crippen LogP contribution in [0.25, 0.3) is 0 Å². The van der Waals surface area contributed by atoms with Crippen LogP contribution >= 0.6 is 0 Å². The Morgan fingerprint density at radius 3 is 2.05 bits per heavy atom. The molecule has 0 heterocycles. The van der Waals surface area contributed by atoms with E-state index in [9.17, 15) is 0 Å². The van der Waals surface area contributed by atoms with Gasteiger partial charge in [-0.1, -0.05) is 57.3 Å². The smallest absolute Gasteiger partial charge is 0.0708 e. The van der Waals surface area contributed by atoms with Crippen molar-refractivity contribution in [2.45, 2.75) is 84.5 Å². The molecule has 0 saturated heterocycles. The van der Waals surface area contributed by atoms with Gasteiger partial charge in [0.25, 0.3) is 0 Å². The fourth-order valence-electron chi connectivity index (χ4n) is 3.81. The van der Waals surface area contributed by atoms with Gasteiger partial charge in [-0.2, -0.15) is 0 Å². The zero-order chi connectivity index (χ0) is 14.3. The van der Waals surface area contributed by atoms with Crippen LogP contribution in [-0.4, -0.2) is 28.1 Å². The van der Waals surface area contributed by atoms with Crippen molar-refractivity contribution in [2.24, 2.45) is 0 Å². The Balaban J connectivity index is 2.71. The van der Waals surface area contributed by atoms with Crippen molar-refractivity contribution < 1.29 is 0 Å². The molecule has 1 unspecified atom stereocenters. The van der Waals surface area contributed by atoms with Gasteiger partial charge in [0.15, 0.2) is 0 Å². The molecule has 1 fully saturated rings. The maximum Gasteiger partial charge on any atom is 0.0708 e. The van der Waals surface area contributed by atoms with Gasteiger partial charge in [-0.05, 0) is 32.9 Å². The molecular formula is C16H35NSi2. The summed E-state index contributed by atoms with van der Waals surface area (Å²) in [5.74, 6) is 0. The molecule has 0 radical (unpaired) electrons. The second-order valence-electron chi connectivity index (χ2n) is 6.66. The topological polar surface area (TPSA) is 12.0 Å². The van der Waals surface area contributed by atoms with E-state index in [0.717, 1.165) is 6.04 Å². The molecule has 1 N–H and O–H groups in total. The van der Waals surface area contributed by atoms with E-state index in [1.807, 2.05) is 0 Å². The third-order valence-electron chi connectivity index (χ3n) is 5.42. The monoisotopic (exact) mass is 297 g/mol. The highest BCUT2D eigenvalue weighted by Crippen LogP contribution is 2.25. The van der Waals surface area contributed by atoms with E-state index < -0.39 is 15.9 Å². The number of allylic oxidation sites excluding steroid dienone is 1. The minimum atomic E-state index is -0.982. The number of hydrogen-bond acceptors (Lipinski definition) is 1. The standard InChI is InChI=1S/C16H35NSi2/c1-6-19(7-2,8-3)18(13-15(4)5)14-17-16-11-9-10-12-16/h13,16-18H,6-12,14H2,1-5H3. The first kappa shape index (κ1) is 17.2. The Morgan fingerprint density at radius 1 is 1.11 bits per heavy atom. The lowest BCUT2D eigenvalue weighted by molar-refractivity contribution is 0.568. The summed E-state index contributed by atoms with van der Waals surface area (Å²) < 4.78 is 0. The molecule has 0 aromatic carbocycles. The molecule has 112 valence electrons. The minimum absolute atomic E-state index is 0.733. The number of hydrogen-bond donors (Lipinski definition) is 1. The van der Waals surface area contributed by atoms with Crippen LogP contribution in [0.4, 0.5) is 0 Å². The van der Waals surface area contributed by atoms with Gasteiger partial charge in [0.1, 0.15) is 0 Å². The quantitative estimate of drug-likeness (QED) is 0.656. The molecule has 3 heteroatoms. The summed E-state index contributed by atoms with van der Waals surface area (Å²) in [4.78, 5) is 0. The molecule has 1 rings (SSSR count). The Bertz CT molecular complexity index is 266. The van der Waals surface area contributed by atoms with Crippen molar-refractivity contribution in [3.63, 3.8) is 0 Å². The van der Waals surface area contributed by atoms with Crippen LogP contribution in [0.15, 0.2) is 11.3 Å². The van der Waals surface area contributed by atoms with Crippen molar-refractivity contribution in [2.75, 3.05) is 6.17 Å². The third kappa shape index (κ3) is 4.87. The van der Waals surface area contributed by atoms with E-state index in [1.54, 1.807) is 5.57 Å². The van der Waals surface area contributed by atoms with E-state index in [1.165, 1.54) is 50.0 Å². The van der Waals surface area contributed by atoms with Gasteiger partial charge < -0.3 is 5.32 Å². The summed E-state index contributed by atoms with van der Waals surface area (Å²) in [6, 6.07) is 5.32. The van der Waals surface area contributed by atoms with Crippen LogP contribution in [0.2, 0.25) is 18.1 Å². The number of nitrogens with one attached hydrogen (secondary N) is 1. The predicted octanol–water partition coefficient (Wildman–Crippen LogP) is 4.38. The highest BCUT2D eigenvalue weighted by atomic mass is 29.2. The van der Waals surface area contributed by atoms with Crippen LogP contribution in [0.5, 0.6) is 0 Å². The van der Waals surface area contributed by atoms with Gasteiger partial charge in [-0.3, -0.25) is 0 Å². The Labute approximate surface area is 123 Å². The van der Waals surface area contributed by atoms with Crippen molar-refractivity contribution in [1.29, 1.82) is 0 Å². The first-order chi connectivity index (χ1) is 9.07. The van der Waals surface area contributed by atoms with Crippen molar-refractivity contribution in [3.05, 3.63) is 11.3 Å². The van der Waals surface area contributed by atoms with Gasteiger partial charge in [-0.25, -0.2) is 0 Å². The SMILES string of the molecule is CC[Si](CC)(CC)[SiH](C=C(C)C)CNC1CCCC1. The maximum atomic E-state index is 3.95. The van der Waals surface area contributed by atoms with E-state index >= 15 is 0 Å². The predicted molar refractivity (Wildman–Crippen MR) is 94.0 cm³/mol. The van der Waals surface area contributed by atoms with E-state index in [-0.39, 0.29) is 0 Å². The summed E-state index contributed by atoms with van der Waals surface area (Å²) in [6.45, 7) is 12.0. The highest BCUT2D eigenvalue weighted by molar-refractivity contribution is 7.35. The first-order valence-corrected chi connectivity index (χ1v) is 14.4. The molecule has 0 bridgehead atoms. The number of rotatable bonds is 8. The molecule has 0 amide bonds. The summed E-state index contributed by atoms with van der Waals surface area (Å²) in [5, 5.41) is 3.95. The lowest BCUT2D eigenvalue weighted by Gasteiger charge is -2.35. The van der Waals surface area contributed by atoms with Gasteiger partial charge >= 0.3 is 0 Å². The van der Waals surface area contributed by atoms with Crippen LogP contribution in [0.1, 0.15) is 60.3 Å². The molecule has 0 aromatic rings. The molecule has 1 atom stereocenters. The van der Waals surface area contributed by atoms with Gasteiger partial charge in [0.2, 0.25) is 0 Å². The van der Waals surface area contributed by atoms with E-state index in [4.69, 9.17) is 0 Å². The molecule has 19 heavy (non-hydrogen) atoms. The van der Waals surface area contributed by atoms with Crippen molar-refractivity contribution in [1.82, 2.24) is 5.32 Å². The summed E-state index contributed by atoms with van der Waals surface area (Å²) in [7, 11) is -1.71. The summed E-state index contributed by atoms with van der Waals surface area (Å²) in [6.07, 6.45) is 7.12. The Hall–Kier alpha value is 0.134. The fraction of sp³-hybridized carbons (Fsp3) is 0.875. The van der Waals surface area contributed by atoms with Gasteiger partial charge in [-0.15, -0.1) is 5.70 Å². The Kier molecular flexibility index (Phi) is 7.62. The molecule has 0 aliphatic heterocycles. The van der Waals surface area contributed by atoms with Crippen LogP contribution in [-0.2, 0) is 0 Å². The zero-order valence-electron chi connectivity index (χ0n) is 13.9. The Morgan fingerprint density at radius 2 is 1.63 bits per heavy atom.